The lowest BCUT2D eigenvalue weighted by atomic mass is 9.84. The fourth-order valence-electron chi connectivity index (χ4n) is 2.53. The monoisotopic (exact) mass is 241 g/mol. The Balaban J connectivity index is 2.30. The van der Waals surface area contributed by atoms with Gasteiger partial charge in [-0.1, -0.05) is 13.8 Å². The lowest BCUT2D eigenvalue weighted by molar-refractivity contribution is -0.122. The van der Waals surface area contributed by atoms with Crippen molar-refractivity contribution in [2.75, 3.05) is 19.6 Å². The first kappa shape index (κ1) is 14.5. The van der Waals surface area contributed by atoms with Gasteiger partial charge in [-0.05, 0) is 51.1 Å². The van der Waals surface area contributed by atoms with E-state index in [1.165, 1.54) is 19.4 Å². The molecule has 0 aromatic rings. The first-order valence-corrected chi connectivity index (χ1v) is 6.54. The molecule has 1 rings (SSSR count). The number of nitrogens with zero attached hydrogens (tertiary/aromatic N) is 1. The maximum atomic E-state index is 11.1. The van der Waals surface area contributed by atoms with E-state index in [0.29, 0.717) is 11.8 Å². The molecule has 0 saturated carbocycles. The molecule has 4 N–H and O–H groups in total. The highest BCUT2D eigenvalue weighted by atomic mass is 16.1. The maximum Gasteiger partial charge on any atom is 0.237 e. The molecule has 1 aliphatic heterocycles. The number of rotatable bonds is 5. The molecular weight excluding hydrogens is 214 g/mol. The van der Waals surface area contributed by atoms with Crippen LogP contribution in [0, 0.1) is 5.41 Å². The molecule has 1 unspecified atom stereocenters. The van der Waals surface area contributed by atoms with Crippen molar-refractivity contribution in [3.05, 3.63) is 0 Å². The summed E-state index contributed by atoms with van der Waals surface area (Å²) in [5, 5.41) is 0. The van der Waals surface area contributed by atoms with Crippen molar-refractivity contribution in [2.24, 2.45) is 16.9 Å². The Labute approximate surface area is 105 Å². The highest BCUT2D eigenvalue weighted by Gasteiger charge is 2.28. The molecule has 1 atom stereocenters. The summed E-state index contributed by atoms with van der Waals surface area (Å²) in [5.74, 6) is -0.406. The van der Waals surface area contributed by atoms with Crippen LogP contribution in [0.3, 0.4) is 0 Å². The summed E-state index contributed by atoms with van der Waals surface area (Å²) in [4.78, 5) is 13.6. The van der Waals surface area contributed by atoms with Crippen LogP contribution in [-0.4, -0.2) is 36.0 Å². The summed E-state index contributed by atoms with van der Waals surface area (Å²) < 4.78 is 0. The number of hydrogen-bond acceptors (Lipinski definition) is 3. The quantitative estimate of drug-likeness (QED) is 0.757. The molecule has 4 heteroatoms. The zero-order valence-electron chi connectivity index (χ0n) is 11.5. The van der Waals surface area contributed by atoms with Gasteiger partial charge in [0.25, 0.3) is 0 Å². The van der Waals surface area contributed by atoms with Crippen molar-refractivity contribution in [3.8, 4) is 0 Å². The van der Waals surface area contributed by atoms with Crippen molar-refractivity contribution in [1.82, 2.24) is 4.90 Å². The van der Waals surface area contributed by atoms with E-state index in [-0.39, 0.29) is 0 Å². The van der Waals surface area contributed by atoms with E-state index in [4.69, 9.17) is 11.5 Å². The van der Waals surface area contributed by atoms with E-state index in [2.05, 4.69) is 18.7 Å². The van der Waals surface area contributed by atoms with Gasteiger partial charge in [-0.2, -0.15) is 0 Å². The van der Waals surface area contributed by atoms with Crippen molar-refractivity contribution in [1.29, 1.82) is 0 Å². The number of primary amides is 1. The Kier molecular flexibility index (Phi) is 4.55. The molecule has 0 aromatic carbocycles. The van der Waals surface area contributed by atoms with Crippen molar-refractivity contribution in [2.45, 2.75) is 52.0 Å². The zero-order valence-corrected chi connectivity index (χ0v) is 11.5. The Bertz CT molecular complexity index is 274. The summed E-state index contributed by atoms with van der Waals surface area (Å²) in [7, 11) is 0. The van der Waals surface area contributed by atoms with Gasteiger partial charge in [0, 0.05) is 6.54 Å². The minimum Gasteiger partial charge on any atom is -0.368 e. The standard InChI is InChI=1S/C13H27N3O/c1-12(2)6-4-8-16(10-12)9-5-7-13(3,15)11(14)17/h4-10,15H2,1-3H3,(H2,14,17). The van der Waals surface area contributed by atoms with Crippen LogP contribution in [0.25, 0.3) is 0 Å². The smallest absolute Gasteiger partial charge is 0.237 e. The van der Waals surface area contributed by atoms with Gasteiger partial charge in [0.05, 0.1) is 5.54 Å². The van der Waals surface area contributed by atoms with Crippen molar-refractivity contribution < 1.29 is 4.79 Å². The number of carbonyl (C=O) groups excluding carboxylic acids is 1. The van der Waals surface area contributed by atoms with Crippen LogP contribution in [0.5, 0.6) is 0 Å². The molecule has 1 aliphatic rings. The van der Waals surface area contributed by atoms with E-state index in [9.17, 15) is 4.79 Å². The molecular formula is C13H27N3O. The highest BCUT2D eigenvalue weighted by Crippen LogP contribution is 2.28. The molecule has 1 amide bonds. The van der Waals surface area contributed by atoms with Crippen LogP contribution in [0.4, 0.5) is 0 Å². The minimum absolute atomic E-state index is 0.406. The third-order valence-electron chi connectivity index (χ3n) is 3.71. The number of likely N-dealkylation sites (tertiary alicyclic amines) is 1. The second-order valence-corrected chi connectivity index (χ2v) is 6.43. The zero-order chi connectivity index (χ0) is 13.1. The van der Waals surface area contributed by atoms with Crippen LogP contribution >= 0.6 is 0 Å². The Hall–Kier alpha value is -0.610. The van der Waals surface area contributed by atoms with Gasteiger partial charge in [-0.25, -0.2) is 0 Å². The second-order valence-electron chi connectivity index (χ2n) is 6.43. The van der Waals surface area contributed by atoms with E-state index in [0.717, 1.165) is 19.5 Å². The molecule has 0 aliphatic carbocycles. The second kappa shape index (κ2) is 5.36. The van der Waals surface area contributed by atoms with Crippen LogP contribution in [-0.2, 0) is 4.79 Å². The first-order chi connectivity index (χ1) is 7.73. The topological polar surface area (TPSA) is 72.3 Å². The summed E-state index contributed by atoms with van der Waals surface area (Å²) in [5.41, 5.74) is 10.7. The molecule has 1 heterocycles. The van der Waals surface area contributed by atoms with E-state index in [1.54, 1.807) is 6.92 Å². The number of piperidine rings is 1. The van der Waals surface area contributed by atoms with Crippen molar-refractivity contribution >= 4 is 5.91 Å². The van der Waals surface area contributed by atoms with Gasteiger partial charge in [0.1, 0.15) is 0 Å². The van der Waals surface area contributed by atoms with Crippen LogP contribution < -0.4 is 11.5 Å². The third-order valence-corrected chi connectivity index (χ3v) is 3.71. The minimum atomic E-state index is -0.856. The largest absolute Gasteiger partial charge is 0.368 e. The molecule has 1 saturated heterocycles. The SMILES string of the molecule is CC1(C)CCCN(CCCC(C)(N)C(N)=O)C1. The molecule has 4 nitrogen and oxygen atoms in total. The third kappa shape index (κ3) is 4.64. The van der Waals surface area contributed by atoms with E-state index < -0.39 is 11.4 Å². The Morgan fingerprint density at radius 2 is 2.12 bits per heavy atom. The lowest BCUT2D eigenvalue weighted by Crippen LogP contribution is -2.49. The maximum absolute atomic E-state index is 11.1. The van der Waals surface area contributed by atoms with Crippen LogP contribution in [0.2, 0.25) is 0 Å². The van der Waals surface area contributed by atoms with Crippen LogP contribution in [0.1, 0.15) is 46.5 Å². The fourth-order valence-corrected chi connectivity index (χ4v) is 2.53. The predicted molar refractivity (Wildman–Crippen MR) is 70.5 cm³/mol. The summed E-state index contributed by atoms with van der Waals surface area (Å²) >= 11 is 0. The number of carbonyl (C=O) groups is 1. The number of amides is 1. The van der Waals surface area contributed by atoms with Gasteiger partial charge < -0.3 is 16.4 Å². The Morgan fingerprint density at radius 3 is 2.65 bits per heavy atom. The normalized spacial score (nSPS) is 24.2. The molecule has 0 spiro atoms. The van der Waals surface area contributed by atoms with Gasteiger partial charge in [0.15, 0.2) is 0 Å². The molecule has 17 heavy (non-hydrogen) atoms. The van der Waals surface area contributed by atoms with Gasteiger partial charge >= 0.3 is 0 Å². The Morgan fingerprint density at radius 1 is 1.47 bits per heavy atom. The van der Waals surface area contributed by atoms with Gasteiger partial charge in [0.2, 0.25) is 5.91 Å². The number of nitrogens with two attached hydrogens (primary N) is 2. The van der Waals surface area contributed by atoms with Gasteiger partial charge in [-0.15, -0.1) is 0 Å². The van der Waals surface area contributed by atoms with E-state index in [1.807, 2.05) is 0 Å². The average molecular weight is 241 g/mol. The van der Waals surface area contributed by atoms with Crippen LogP contribution in [0.15, 0.2) is 0 Å². The van der Waals surface area contributed by atoms with Crippen molar-refractivity contribution in [3.63, 3.8) is 0 Å². The van der Waals surface area contributed by atoms with Gasteiger partial charge in [-0.3, -0.25) is 4.79 Å². The summed E-state index contributed by atoms with van der Waals surface area (Å²) in [6.07, 6.45) is 4.17. The first-order valence-electron chi connectivity index (χ1n) is 6.54. The molecule has 1 fully saturated rings. The lowest BCUT2D eigenvalue weighted by Gasteiger charge is -2.38. The molecule has 0 bridgehead atoms. The highest BCUT2D eigenvalue weighted by molar-refractivity contribution is 5.83. The summed E-state index contributed by atoms with van der Waals surface area (Å²) in [6.45, 7) is 9.68. The number of hydrogen-bond donors (Lipinski definition) is 2. The fraction of sp³-hybridized carbons (Fsp3) is 0.923. The molecule has 0 radical (unpaired) electrons. The molecule has 0 aromatic heterocycles. The predicted octanol–water partition coefficient (Wildman–Crippen LogP) is 1.09. The average Bonchev–Trinajstić information content (AvgIpc) is 2.15. The van der Waals surface area contributed by atoms with E-state index >= 15 is 0 Å². The summed E-state index contributed by atoms with van der Waals surface area (Å²) in [6, 6.07) is 0. The molecule has 100 valence electrons.